The van der Waals surface area contributed by atoms with Crippen molar-refractivity contribution in [3.8, 4) is 0 Å². The number of rotatable bonds is 12. The number of para-hydroxylation sites is 1. The second kappa shape index (κ2) is 12.8. The molecule has 3 amide bonds. The number of aromatic amines is 2. The number of aliphatic carboxylic acids is 1. The second-order valence-electron chi connectivity index (χ2n) is 10.7. The fraction of sp³-hybridized carbons (Fsp3) is 0.464. The van der Waals surface area contributed by atoms with Crippen LogP contribution in [0.2, 0.25) is 0 Å². The number of carbonyl (C=O) groups excluding carboxylic acids is 3. The second-order valence-corrected chi connectivity index (χ2v) is 10.7. The Morgan fingerprint density at radius 2 is 1.90 bits per heavy atom. The zero-order valence-electron chi connectivity index (χ0n) is 22.7. The number of nitrogens with one attached hydrogen (secondary N) is 4. The zero-order valence-corrected chi connectivity index (χ0v) is 22.7. The van der Waals surface area contributed by atoms with Crippen LogP contribution in [0.5, 0.6) is 0 Å². The van der Waals surface area contributed by atoms with Gasteiger partial charge in [0, 0.05) is 42.0 Å². The predicted molar refractivity (Wildman–Crippen MR) is 148 cm³/mol. The summed E-state index contributed by atoms with van der Waals surface area (Å²) in [6.07, 6.45) is 6.44. The number of likely N-dealkylation sites (tertiary alicyclic amines) is 1. The van der Waals surface area contributed by atoms with E-state index in [-0.39, 0.29) is 18.2 Å². The van der Waals surface area contributed by atoms with Gasteiger partial charge in [0.2, 0.25) is 17.7 Å². The highest BCUT2D eigenvalue weighted by atomic mass is 16.4. The van der Waals surface area contributed by atoms with Crippen LogP contribution in [0.15, 0.2) is 43.0 Å². The van der Waals surface area contributed by atoms with Gasteiger partial charge in [0.15, 0.2) is 0 Å². The van der Waals surface area contributed by atoms with E-state index < -0.39 is 42.0 Å². The number of carboxylic acid groups (broad SMARTS) is 1. The number of hydrogen-bond acceptors (Lipinski definition) is 6. The molecule has 40 heavy (non-hydrogen) atoms. The van der Waals surface area contributed by atoms with Gasteiger partial charge in [-0.15, -0.1) is 0 Å². The van der Waals surface area contributed by atoms with Crippen LogP contribution >= 0.6 is 0 Å². The summed E-state index contributed by atoms with van der Waals surface area (Å²) in [5.74, 6) is -2.47. The van der Waals surface area contributed by atoms with E-state index in [0.29, 0.717) is 37.9 Å². The standard InChI is InChI=1S/C28H37N7O5/c1-16(2)10-22(33-25(36)20(29)11-17-13-31-21-7-4-3-6-19(17)21)27(38)35-9-5-8-24(35)26(37)34-23(28(39)40)12-18-14-30-15-32-18/h3-4,6-7,13-16,20,22-24,31H,5,8-12,29H2,1-2H3,(H,30,32)(H,33,36)(H,34,37)(H,39,40). The SMILES string of the molecule is CC(C)CC(NC(=O)C(N)Cc1c[nH]c2ccccc12)C(=O)N1CCCC1C(=O)NC(Cc1cnc[nH]1)C(=O)O. The summed E-state index contributed by atoms with van der Waals surface area (Å²) >= 11 is 0. The van der Waals surface area contributed by atoms with Crippen molar-refractivity contribution in [3.63, 3.8) is 0 Å². The van der Waals surface area contributed by atoms with Crippen molar-refractivity contribution in [1.29, 1.82) is 0 Å². The maximum absolute atomic E-state index is 13.7. The molecule has 12 nitrogen and oxygen atoms in total. The van der Waals surface area contributed by atoms with E-state index in [0.717, 1.165) is 16.5 Å². The smallest absolute Gasteiger partial charge is 0.326 e. The van der Waals surface area contributed by atoms with Gasteiger partial charge in [-0.25, -0.2) is 9.78 Å². The number of nitrogens with zero attached hydrogens (tertiary/aromatic N) is 2. The average molecular weight is 552 g/mol. The molecular formula is C28H37N7O5. The Morgan fingerprint density at radius 1 is 1.12 bits per heavy atom. The number of fused-ring (bicyclic) bond motifs is 1. The molecule has 3 heterocycles. The molecule has 1 aliphatic rings. The lowest BCUT2D eigenvalue weighted by Gasteiger charge is -2.30. The highest BCUT2D eigenvalue weighted by Crippen LogP contribution is 2.22. The monoisotopic (exact) mass is 551 g/mol. The summed E-state index contributed by atoms with van der Waals surface area (Å²) < 4.78 is 0. The van der Waals surface area contributed by atoms with Gasteiger partial charge in [0.05, 0.1) is 12.4 Å². The van der Waals surface area contributed by atoms with Crippen molar-refractivity contribution in [2.24, 2.45) is 11.7 Å². The van der Waals surface area contributed by atoms with Gasteiger partial charge in [-0.1, -0.05) is 32.0 Å². The van der Waals surface area contributed by atoms with Gasteiger partial charge in [-0.2, -0.15) is 0 Å². The first-order valence-corrected chi connectivity index (χ1v) is 13.6. The van der Waals surface area contributed by atoms with E-state index in [1.165, 1.54) is 17.4 Å². The molecule has 1 fully saturated rings. The van der Waals surface area contributed by atoms with Crippen molar-refractivity contribution in [2.45, 2.75) is 70.1 Å². The van der Waals surface area contributed by atoms with E-state index in [4.69, 9.17) is 5.73 Å². The van der Waals surface area contributed by atoms with Gasteiger partial charge in [-0.3, -0.25) is 14.4 Å². The van der Waals surface area contributed by atoms with Gasteiger partial charge in [-0.05, 0) is 43.2 Å². The maximum atomic E-state index is 13.7. The summed E-state index contributed by atoms with van der Waals surface area (Å²) in [7, 11) is 0. The largest absolute Gasteiger partial charge is 0.480 e. The molecule has 12 heteroatoms. The third kappa shape index (κ3) is 6.87. The van der Waals surface area contributed by atoms with E-state index in [1.807, 2.05) is 44.3 Å². The van der Waals surface area contributed by atoms with Crippen molar-refractivity contribution >= 4 is 34.6 Å². The molecule has 1 aliphatic heterocycles. The predicted octanol–water partition coefficient (Wildman–Crippen LogP) is 1.09. The van der Waals surface area contributed by atoms with Crippen LogP contribution in [0.25, 0.3) is 10.9 Å². The van der Waals surface area contributed by atoms with Crippen LogP contribution in [0.3, 0.4) is 0 Å². The van der Waals surface area contributed by atoms with Gasteiger partial charge >= 0.3 is 5.97 Å². The number of H-pyrrole nitrogens is 2. The third-order valence-electron chi connectivity index (χ3n) is 7.21. The Kier molecular flexibility index (Phi) is 9.20. The number of carbonyl (C=O) groups is 4. The molecule has 7 N–H and O–H groups in total. The Hall–Kier alpha value is -4.19. The molecule has 4 rings (SSSR count). The first-order chi connectivity index (χ1) is 19.1. The van der Waals surface area contributed by atoms with Crippen molar-refractivity contribution in [2.75, 3.05) is 6.54 Å². The first kappa shape index (κ1) is 28.8. The average Bonchev–Trinajstić information content (AvgIpc) is 3.69. The molecule has 1 saturated heterocycles. The molecule has 0 radical (unpaired) electrons. The van der Waals surface area contributed by atoms with Crippen LogP contribution in [0, 0.1) is 5.92 Å². The lowest BCUT2D eigenvalue weighted by molar-refractivity contribution is -0.145. The fourth-order valence-corrected chi connectivity index (χ4v) is 5.19. The number of hydrogen-bond donors (Lipinski definition) is 6. The first-order valence-electron chi connectivity index (χ1n) is 13.6. The highest BCUT2D eigenvalue weighted by Gasteiger charge is 2.39. The van der Waals surface area contributed by atoms with Gasteiger partial charge in [0.25, 0.3) is 0 Å². The molecule has 0 bridgehead atoms. The normalized spacial score (nSPS) is 17.5. The zero-order chi connectivity index (χ0) is 28.8. The molecule has 4 atom stereocenters. The number of nitrogens with two attached hydrogens (primary N) is 1. The van der Waals surface area contributed by atoms with Crippen molar-refractivity contribution in [3.05, 3.63) is 54.2 Å². The topological polar surface area (TPSA) is 186 Å². The van der Waals surface area contributed by atoms with E-state index in [9.17, 15) is 24.3 Å². The summed E-state index contributed by atoms with van der Waals surface area (Å²) in [6.45, 7) is 4.22. The number of aromatic nitrogens is 3. The number of benzene rings is 1. The molecular weight excluding hydrogens is 514 g/mol. The Bertz CT molecular complexity index is 1340. The number of carboxylic acids is 1. The van der Waals surface area contributed by atoms with Crippen LogP contribution < -0.4 is 16.4 Å². The van der Waals surface area contributed by atoms with E-state index in [2.05, 4.69) is 25.6 Å². The third-order valence-corrected chi connectivity index (χ3v) is 7.21. The molecule has 3 aromatic rings. The number of amides is 3. The maximum Gasteiger partial charge on any atom is 0.326 e. The molecule has 214 valence electrons. The van der Waals surface area contributed by atoms with Crippen LogP contribution in [0.1, 0.15) is 44.4 Å². The number of imidazole rings is 1. The Balaban J connectivity index is 1.42. The van der Waals surface area contributed by atoms with Crippen molar-refractivity contribution < 1.29 is 24.3 Å². The van der Waals surface area contributed by atoms with E-state index in [1.54, 1.807) is 0 Å². The van der Waals surface area contributed by atoms with E-state index >= 15 is 0 Å². The van der Waals surface area contributed by atoms with Gasteiger partial charge in [0.1, 0.15) is 18.1 Å². The lowest BCUT2D eigenvalue weighted by atomic mass is 10.0. The summed E-state index contributed by atoms with van der Waals surface area (Å²) in [5.41, 5.74) is 8.69. The minimum absolute atomic E-state index is 0.0299. The lowest BCUT2D eigenvalue weighted by Crippen LogP contribution is -2.57. The Labute approximate surface area is 232 Å². The highest BCUT2D eigenvalue weighted by molar-refractivity contribution is 5.95. The molecule has 0 aliphatic carbocycles. The van der Waals surface area contributed by atoms with Gasteiger partial charge < -0.3 is 36.3 Å². The van der Waals surface area contributed by atoms with Crippen LogP contribution in [-0.2, 0) is 32.0 Å². The summed E-state index contributed by atoms with van der Waals surface area (Å²) in [4.78, 5) is 63.1. The minimum atomic E-state index is -1.19. The summed E-state index contributed by atoms with van der Waals surface area (Å²) in [6, 6.07) is 3.99. The minimum Gasteiger partial charge on any atom is -0.480 e. The Morgan fingerprint density at radius 3 is 2.60 bits per heavy atom. The fourth-order valence-electron chi connectivity index (χ4n) is 5.19. The molecule has 4 unspecified atom stereocenters. The molecule has 0 spiro atoms. The quantitative estimate of drug-likeness (QED) is 0.194. The molecule has 1 aromatic carbocycles. The molecule has 2 aromatic heterocycles. The molecule has 0 saturated carbocycles. The van der Waals surface area contributed by atoms with Crippen LogP contribution in [-0.4, -0.2) is 79.4 Å². The van der Waals surface area contributed by atoms with Crippen LogP contribution in [0.4, 0.5) is 0 Å². The van der Waals surface area contributed by atoms with Crippen molar-refractivity contribution in [1.82, 2.24) is 30.5 Å². The summed E-state index contributed by atoms with van der Waals surface area (Å²) in [5, 5.41) is 16.0.